The molecule has 0 aliphatic rings. The molecule has 3 rings (SSSR count). The van der Waals surface area contributed by atoms with Crippen LogP contribution in [-0.2, 0) is 18.0 Å². The molecule has 0 aliphatic carbocycles. The van der Waals surface area contributed by atoms with Crippen molar-refractivity contribution in [1.29, 1.82) is 0 Å². The second-order valence-corrected chi connectivity index (χ2v) is 8.47. The molecule has 0 radical (unpaired) electrons. The molecule has 0 spiro atoms. The number of alkyl halides is 6. The van der Waals surface area contributed by atoms with Gasteiger partial charge in [0.2, 0.25) is 11.4 Å². The topological polar surface area (TPSA) is 70.4 Å². The second-order valence-electron chi connectivity index (χ2n) is 8.06. The Kier molecular flexibility index (Phi) is 7.91. The number of carbonyl (C=O) groups is 1. The van der Waals surface area contributed by atoms with Crippen molar-refractivity contribution in [2.45, 2.75) is 31.1 Å². The highest BCUT2D eigenvalue weighted by molar-refractivity contribution is 6.31. The molecule has 0 bridgehead atoms. The first-order valence-corrected chi connectivity index (χ1v) is 10.9. The molecule has 2 heterocycles. The van der Waals surface area contributed by atoms with Crippen LogP contribution in [0.1, 0.15) is 45.8 Å². The Balaban J connectivity index is 1.94. The van der Waals surface area contributed by atoms with E-state index in [0.717, 1.165) is 36.1 Å². The number of rotatable bonds is 6. The average Bonchev–Trinajstić information content (AvgIpc) is 2.79. The van der Waals surface area contributed by atoms with Gasteiger partial charge in [-0.15, -0.1) is 0 Å². The second kappa shape index (κ2) is 10.4. The first-order valence-electron chi connectivity index (χ1n) is 10.5. The zero-order chi connectivity index (χ0) is 27.7. The van der Waals surface area contributed by atoms with Crippen LogP contribution >= 0.6 is 11.6 Å². The summed E-state index contributed by atoms with van der Waals surface area (Å²) < 4.78 is 93.0. The number of hydrogen-bond donors (Lipinski definition) is 0. The summed E-state index contributed by atoms with van der Waals surface area (Å²) in [5.74, 6) is -5.09. The number of halogens is 7. The van der Waals surface area contributed by atoms with Crippen molar-refractivity contribution in [3.63, 3.8) is 0 Å². The maximum absolute atomic E-state index is 14.0. The SMILES string of the molecule is COC(=O)c1cnc(Oc2ccc(C(C)C(c3ccc(=O)n(C)c3)C(F)(F)F)c(Cl)c2)cc1C(F)(F)F. The van der Waals surface area contributed by atoms with E-state index in [-0.39, 0.29) is 21.9 Å². The summed E-state index contributed by atoms with van der Waals surface area (Å²) in [5, 5.41) is -0.133. The zero-order valence-corrected chi connectivity index (χ0v) is 20.2. The van der Waals surface area contributed by atoms with Crippen molar-refractivity contribution >= 4 is 17.6 Å². The minimum atomic E-state index is -4.92. The van der Waals surface area contributed by atoms with Crippen LogP contribution in [0.3, 0.4) is 0 Å². The van der Waals surface area contributed by atoms with Crippen molar-refractivity contribution in [2.24, 2.45) is 7.05 Å². The lowest BCUT2D eigenvalue weighted by Crippen LogP contribution is -2.28. The van der Waals surface area contributed by atoms with E-state index in [1.807, 2.05) is 0 Å². The van der Waals surface area contributed by atoms with Gasteiger partial charge in [-0.3, -0.25) is 4.79 Å². The number of benzene rings is 1. The Morgan fingerprint density at radius 3 is 2.30 bits per heavy atom. The molecule has 0 saturated carbocycles. The van der Waals surface area contributed by atoms with Gasteiger partial charge in [-0.05, 0) is 29.2 Å². The summed E-state index contributed by atoms with van der Waals surface area (Å²) in [5.41, 5.74) is -2.69. The van der Waals surface area contributed by atoms with Gasteiger partial charge in [0.25, 0.3) is 0 Å². The summed E-state index contributed by atoms with van der Waals surface area (Å²) in [6, 6.07) is 6.27. The Morgan fingerprint density at radius 1 is 1.08 bits per heavy atom. The Labute approximate surface area is 211 Å². The minimum absolute atomic E-state index is 0.0928. The molecule has 0 aliphatic heterocycles. The molecule has 2 aromatic heterocycles. The van der Waals surface area contributed by atoms with Gasteiger partial charge in [0, 0.05) is 36.6 Å². The van der Waals surface area contributed by atoms with Crippen LogP contribution in [0.25, 0.3) is 0 Å². The number of methoxy groups -OCH3 is 1. The van der Waals surface area contributed by atoms with Crippen molar-refractivity contribution in [3.8, 4) is 11.6 Å². The predicted octanol–water partition coefficient (Wildman–Crippen LogP) is 6.48. The van der Waals surface area contributed by atoms with Gasteiger partial charge in [-0.2, -0.15) is 26.3 Å². The monoisotopic (exact) mass is 548 g/mol. The number of ether oxygens (including phenoxy) is 2. The van der Waals surface area contributed by atoms with Gasteiger partial charge >= 0.3 is 18.3 Å². The van der Waals surface area contributed by atoms with E-state index >= 15 is 0 Å². The fourth-order valence-corrected chi connectivity index (χ4v) is 4.14. The third kappa shape index (κ3) is 6.24. The maximum atomic E-state index is 14.0. The van der Waals surface area contributed by atoms with Crippen LogP contribution in [-0.4, -0.2) is 28.8 Å². The molecule has 13 heteroatoms. The smallest absolute Gasteiger partial charge is 0.417 e. The molecule has 0 amide bonds. The zero-order valence-electron chi connectivity index (χ0n) is 19.4. The number of carbonyl (C=O) groups excluding carboxylic acids is 1. The van der Waals surface area contributed by atoms with E-state index in [4.69, 9.17) is 16.3 Å². The molecule has 0 saturated heterocycles. The third-order valence-electron chi connectivity index (χ3n) is 5.59. The molecule has 2 atom stereocenters. The Hall–Kier alpha value is -3.54. The molecule has 6 nitrogen and oxygen atoms in total. The minimum Gasteiger partial charge on any atom is -0.465 e. The summed E-state index contributed by atoms with van der Waals surface area (Å²) in [7, 11) is 2.25. The summed E-state index contributed by atoms with van der Waals surface area (Å²) in [6.07, 6.45) is -7.86. The van der Waals surface area contributed by atoms with E-state index in [9.17, 15) is 35.9 Å². The van der Waals surface area contributed by atoms with Crippen LogP contribution in [0.5, 0.6) is 11.6 Å². The van der Waals surface area contributed by atoms with Crippen LogP contribution in [0, 0.1) is 0 Å². The normalized spacial score (nSPS) is 13.7. The van der Waals surface area contributed by atoms with Gasteiger partial charge in [0.15, 0.2) is 0 Å². The van der Waals surface area contributed by atoms with Crippen LogP contribution < -0.4 is 10.3 Å². The van der Waals surface area contributed by atoms with Crippen molar-refractivity contribution in [1.82, 2.24) is 9.55 Å². The van der Waals surface area contributed by atoms with Gasteiger partial charge in [0.05, 0.1) is 24.2 Å². The van der Waals surface area contributed by atoms with E-state index in [2.05, 4.69) is 9.72 Å². The van der Waals surface area contributed by atoms with E-state index in [0.29, 0.717) is 12.3 Å². The highest BCUT2D eigenvalue weighted by Gasteiger charge is 2.45. The molecule has 1 aromatic carbocycles. The number of hydrogen-bond acceptors (Lipinski definition) is 5. The van der Waals surface area contributed by atoms with E-state index < -0.39 is 52.7 Å². The van der Waals surface area contributed by atoms with Crippen molar-refractivity contribution in [2.75, 3.05) is 7.11 Å². The lowest BCUT2D eigenvalue weighted by molar-refractivity contribution is -0.155. The fourth-order valence-electron chi connectivity index (χ4n) is 3.80. The molecule has 0 N–H and O–H groups in total. The summed E-state index contributed by atoms with van der Waals surface area (Å²) >= 11 is 6.25. The largest absolute Gasteiger partial charge is 0.465 e. The fraction of sp³-hybridized carbons (Fsp3) is 0.292. The van der Waals surface area contributed by atoms with Crippen molar-refractivity contribution < 1.29 is 40.6 Å². The van der Waals surface area contributed by atoms with E-state index in [1.54, 1.807) is 0 Å². The number of aromatic nitrogens is 2. The van der Waals surface area contributed by atoms with Gasteiger partial charge < -0.3 is 14.0 Å². The lowest BCUT2D eigenvalue weighted by atomic mass is 9.82. The molecule has 198 valence electrons. The highest BCUT2D eigenvalue weighted by Crippen LogP contribution is 2.46. The first kappa shape index (κ1) is 28.0. The quantitative estimate of drug-likeness (QED) is 0.260. The average molecular weight is 549 g/mol. The van der Waals surface area contributed by atoms with Gasteiger partial charge in [0.1, 0.15) is 5.75 Å². The number of esters is 1. The maximum Gasteiger partial charge on any atom is 0.417 e. The highest BCUT2D eigenvalue weighted by atomic mass is 35.5. The van der Waals surface area contributed by atoms with Crippen LogP contribution in [0.4, 0.5) is 26.3 Å². The molecular formula is C24H19ClF6N2O4. The predicted molar refractivity (Wildman–Crippen MR) is 121 cm³/mol. The number of pyridine rings is 2. The Bertz CT molecular complexity index is 1370. The Morgan fingerprint density at radius 2 is 1.76 bits per heavy atom. The number of aryl methyl sites for hydroxylation is 1. The molecule has 3 aromatic rings. The number of nitrogens with zero attached hydrogens (tertiary/aromatic N) is 2. The van der Waals surface area contributed by atoms with Crippen LogP contribution in [0.2, 0.25) is 5.02 Å². The van der Waals surface area contributed by atoms with Gasteiger partial charge in [-0.1, -0.05) is 30.7 Å². The molecular weight excluding hydrogens is 530 g/mol. The first-order chi connectivity index (χ1) is 17.1. The summed E-state index contributed by atoms with van der Waals surface area (Å²) in [4.78, 5) is 26.9. The van der Waals surface area contributed by atoms with Crippen molar-refractivity contribution in [3.05, 3.63) is 86.4 Å². The lowest BCUT2D eigenvalue weighted by Gasteiger charge is -2.28. The molecule has 0 fully saturated rings. The third-order valence-corrected chi connectivity index (χ3v) is 5.92. The van der Waals surface area contributed by atoms with E-state index in [1.165, 1.54) is 26.1 Å². The van der Waals surface area contributed by atoms with Crippen LogP contribution in [0.15, 0.2) is 53.6 Å². The molecule has 2 unspecified atom stereocenters. The summed E-state index contributed by atoms with van der Waals surface area (Å²) in [6.45, 7) is 1.31. The standard InChI is InChI=1S/C24H19ClF6N2O4/c1-12(21(24(29,30)31)13-4-7-20(34)33(2)11-13)15-6-5-14(8-18(15)25)37-19-9-17(23(26,27)28)16(10-32-19)22(35)36-3/h4-12,21H,1-3H3. The van der Waals surface area contributed by atoms with Gasteiger partial charge in [-0.25, -0.2) is 9.78 Å². The molecule has 37 heavy (non-hydrogen) atoms.